The zero-order chi connectivity index (χ0) is 28.3. The second-order valence-corrected chi connectivity index (χ2v) is 12.6. The molecule has 2 amide bonds. The standard InChI is InChI=1S/C32H40FN5O2/c1-19(2)35(5)32(40)25-11-24(33)6-7-29(25)38-15-23(31-20(3)12-34-13-30(31)38)10-22-8-9-36(14-22)16-26-27-17-37(21(4)39)18-28(26)27/h6-7,11-13,15,19,22,26-28H,8-10,14,16-18H2,1-5H3/t22-,26-,27-,28+/m0/s1. The number of amides is 2. The average molecular weight is 546 g/mol. The van der Waals surface area contributed by atoms with Crippen molar-refractivity contribution in [2.24, 2.45) is 23.7 Å². The van der Waals surface area contributed by atoms with E-state index in [1.54, 1.807) is 24.9 Å². The average Bonchev–Trinajstić information content (AvgIpc) is 3.34. The van der Waals surface area contributed by atoms with Crippen LogP contribution in [-0.2, 0) is 11.2 Å². The van der Waals surface area contributed by atoms with E-state index in [0.29, 0.717) is 29.0 Å². The van der Waals surface area contributed by atoms with Crippen LogP contribution < -0.4 is 0 Å². The van der Waals surface area contributed by atoms with Crippen LogP contribution in [0, 0.1) is 36.4 Å². The molecule has 1 aromatic carbocycles. The van der Waals surface area contributed by atoms with Crippen LogP contribution in [0.25, 0.3) is 16.6 Å². The quantitative estimate of drug-likeness (QED) is 0.437. The molecule has 0 spiro atoms. The predicted molar refractivity (Wildman–Crippen MR) is 154 cm³/mol. The minimum atomic E-state index is -0.421. The molecule has 0 radical (unpaired) electrons. The molecule has 0 unspecified atom stereocenters. The lowest BCUT2D eigenvalue weighted by Gasteiger charge is -2.23. The summed E-state index contributed by atoms with van der Waals surface area (Å²) in [4.78, 5) is 35.8. The van der Waals surface area contributed by atoms with Crippen LogP contribution in [-0.4, -0.2) is 81.9 Å². The number of aryl methyl sites for hydroxylation is 1. The molecule has 3 fully saturated rings. The second kappa shape index (κ2) is 10.3. The van der Waals surface area contributed by atoms with E-state index in [4.69, 9.17) is 0 Å². The van der Waals surface area contributed by atoms with E-state index in [2.05, 4.69) is 23.0 Å². The summed E-state index contributed by atoms with van der Waals surface area (Å²) in [7, 11) is 1.76. The van der Waals surface area contributed by atoms with Crippen molar-refractivity contribution in [2.75, 3.05) is 39.8 Å². The predicted octanol–water partition coefficient (Wildman–Crippen LogP) is 4.54. The van der Waals surface area contributed by atoms with Crippen LogP contribution in [0.1, 0.15) is 48.7 Å². The lowest BCUT2D eigenvalue weighted by molar-refractivity contribution is -0.128. The molecule has 2 aliphatic heterocycles. The van der Waals surface area contributed by atoms with Gasteiger partial charge in [0.2, 0.25) is 5.91 Å². The fourth-order valence-electron chi connectivity index (χ4n) is 7.14. The molecule has 1 saturated carbocycles. The Morgan fingerprint density at radius 1 is 1.15 bits per heavy atom. The van der Waals surface area contributed by atoms with Crippen molar-refractivity contribution in [1.82, 2.24) is 24.3 Å². The summed E-state index contributed by atoms with van der Waals surface area (Å²) in [6.07, 6.45) is 8.01. The van der Waals surface area contributed by atoms with E-state index in [1.807, 2.05) is 35.7 Å². The Bertz CT molecular complexity index is 1450. The molecule has 4 heterocycles. The van der Waals surface area contributed by atoms with Crippen molar-refractivity contribution >= 4 is 22.7 Å². The Balaban J connectivity index is 1.23. The van der Waals surface area contributed by atoms with Gasteiger partial charge in [0.1, 0.15) is 5.82 Å². The van der Waals surface area contributed by atoms with E-state index in [0.717, 1.165) is 62.6 Å². The highest BCUT2D eigenvalue weighted by Gasteiger charge is 2.56. The monoisotopic (exact) mass is 545 g/mol. The molecule has 3 aromatic rings. The van der Waals surface area contributed by atoms with E-state index in [1.165, 1.54) is 23.1 Å². The van der Waals surface area contributed by atoms with Gasteiger partial charge in [0.05, 0.1) is 23.0 Å². The topological polar surface area (TPSA) is 61.7 Å². The van der Waals surface area contributed by atoms with Crippen molar-refractivity contribution in [3.63, 3.8) is 0 Å². The summed E-state index contributed by atoms with van der Waals surface area (Å²) < 4.78 is 16.4. The Hall–Kier alpha value is -3.26. The van der Waals surface area contributed by atoms with Crippen LogP contribution in [0.15, 0.2) is 36.8 Å². The van der Waals surface area contributed by atoms with Gasteiger partial charge in [-0.25, -0.2) is 4.39 Å². The fourth-order valence-corrected chi connectivity index (χ4v) is 7.14. The van der Waals surface area contributed by atoms with Crippen molar-refractivity contribution in [3.8, 4) is 5.69 Å². The van der Waals surface area contributed by atoms with Gasteiger partial charge in [-0.1, -0.05) is 0 Å². The third-order valence-electron chi connectivity index (χ3n) is 9.69. The van der Waals surface area contributed by atoms with Crippen molar-refractivity contribution in [3.05, 3.63) is 59.3 Å². The number of likely N-dealkylation sites (tertiary alicyclic amines) is 2. The van der Waals surface area contributed by atoms with Gasteiger partial charge >= 0.3 is 0 Å². The molecule has 8 heteroatoms. The number of pyridine rings is 1. The third-order valence-corrected chi connectivity index (χ3v) is 9.69. The van der Waals surface area contributed by atoms with Gasteiger partial charge in [-0.3, -0.25) is 14.6 Å². The van der Waals surface area contributed by atoms with Crippen LogP contribution in [0.3, 0.4) is 0 Å². The van der Waals surface area contributed by atoms with Crippen LogP contribution in [0.5, 0.6) is 0 Å². The van der Waals surface area contributed by atoms with Gasteiger partial charge in [0.25, 0.3) is 5.91 Å². The van der Waals surface area contributed by atoms with Gasteiger partial charge < -0.3 is 19.3 Å². The highest BCUT2D eigenvalue weighted by atomic mass is 19.1. The molecule has 0 bridgehead atoms. The Morgan fingerprint density at radius 2 is 1.90 bits per heavy atom. The minimum Gasteiger partial charge on any atom is -0.342 e. The molecule has 1 aliphatic carbocycles. The van der Waals surface area contributed by atoms with Gasteiger partial charge in [-0.05, 0) is 93.2 Å². The first kappa shape index (κ1) is 26.9. The van der Waals surface area contributed by atoms with E-state index in [-0.39, 0.29) is 17.9 Å². The van der Waals surface area contributed by atoms with Crippen LogP contribution in [0.4, 0.5) is 4.39 Å². The molecule has 212 valence electrons. The Labute approximate surface area is 235 Å². The number of rotatable bonds is 7. The number of fused-ring (bicyclic) bond motifs is 2. The van der Waals surface area contributed by atoms with E-state index in [9.17, 15) is 14.0 Å². The molecule has 2 aromatic heterocycles. The van der Waals surface area contributed by atoms with Crippen molar-refractivity contribution in [2.45, 2.75) is 46.6 Å². The summed E-state index contributed by atoms with van der Waals surface area (Å²) in [5.41, 5.74) is 4.33. The van der Waals surface area contributed by atoms with Gasteiger partial charge in [0.15, 0.2) is 0 Å². The zero-order valence-corrected chi connectivity index (χ0v) is 24.2. The highest BCUT2D eigenvalue weighted by Crippen LogP contribution is 2.52. The Kier molecular flexibility index (Phi) is 6.93. The third kappa shape index (κ3) is 4.80. The first-order valence-electron chi connectivity index (χ1n) is 14.6. The number of hydrogen-bond acceptors (Lipinski definition) is 4. The fraction of sp³-hybridized carbons (Fsp3) is 0.531. The number of piperidine rings is 1. The summed E-state index contributed by atoms with van der Waals surface area (Å²) in [5, 5.41) is 1.18. The van der Waals surface area contributed by atoms with Gasteiger partial charge in [0, 0.05) is 64.0 Å². The number of aromatic nitrogens is 2. The number of carbonyl (C=O) groups is 2. The van der Waals surface area contributed by atoms with E-state index >= 15 is 0 Å². The first-order chi connectivity index (χ1) is 19.1. The summed E-state index contributed by atoms with van der Waals surface area (Å²) >= 11 is 0. The molecule has 0 N–H and O–H groups in total. The van der Waals surface area contributed by atoms with Gasteiger partial charge in [-0.15, -0.1) is 0 Å². The van der Waals surface area contributed by atoms with Crippen molar-refractivity contribution < 1.29 is 14.0 Å². The molecule has 2 saturated heterocycles. The largest absolute Gasteiger partial charge is 0.342 e. The molecule has 40 heavy (non-hydrogen) atoms. The van der Waals surface area contributed by atoms with Crippen molar-refractivity contribution in [1.29, 1.82) is 0 Å². The van der Waals surface area contributed by atoms with Gasteiger partial charge in [-0.2, -0.15) is 0 Å². The molecule has 7 nitrogen and oxygen atoms in total. The lowest BCUT2D eigenvalue weighted by atomic mass is 9.97. The maximum absolute atomic E-state index is 14.4. The Morgan fingerprint density at radius 3 is 2.60 bits per heavy atom. The lowest BCUT2D eigenvalue weighted by Crippen LogP contribution is -2.33. The van der Waals surface area contributed by atoms with Crippen LogP contribution >= 0.6 is 0 Å². The van der Waals surface area contributed by atoms with E-state index < -0.39 is 5.82 Å². The van der Waals surface area contributed by atoms with Crippen LogP contribution in [0.2, 0.25) is 0 Å². The maximum Gasteiger partial charge on any atom is 0.256 e. The highest BCUT2D eigenvalue weighted by molar-refractivity contribution is 5.99. The zero-order valence-electron chi connectivity index (χ0n) is 24.2. The number of halogens is 1. The number of benzene rings is 1. The summed E-state index contributed by atoms with van der Waals surface area (Å²) in [5.74, 6) is 2.27. The normalized spacial score (nSPS) is 24.2. The SMILES string of the molecule is CC(=O)N1C[C@@H]2[C@@H](CN3CC[C@@H](Cc4cn(-c5ccc(F)cc5C(=O)N(C)C(C)C)c5cncc(C)c45)C3)[C@@H]2C1. The smallest absolute Gasteiger partial charge is 0.256 e. The second-order valence-electron chi connectivity index (χ2n) is 12.6. The number of carbonyl (C=O) groups excluding carboxylic acids is 2. The molecular weight excluding hydrogens is 505 g/mol. The summed E-state index contributed by atoms with van der Waals surface area (Å²) in [6, 6.07) is 4.48. The maximum atomic E-state index is 14.4. The molecule has 6 rings (SSSR count). The number of nitrogens with zero attached hydrogens (tertiary/aromatic N) is 5. The first-order valence-corrected chi connectivity index (χ1v) is 14.6. The minimum absolute atomic E-state index is 0.00177. The molecular formula is C32H40FN5O2. The molecule has 3 aliphatic rings. The summed E-state index contributed by atoms with van der Waals surface area (Å²) in [6.45, 7) is 12.9. The molecule has 4 atom stereocenters. The number of hydrogen-bond donors (Lipinski definition) is 0.